The van der Waals surface area contributed by atoms with E-state index in [-0.39, 0.29) is 12.0 Å². The Hall–Kier alpha value is -0.610. The Morgan fingerprint density at radius 3 is 2.86 bits per heavy atom. The molecule has 0 aromatic heterocycles. The van der Waals surface area contributed by atoms with E-state index in [0.717, 1.165) is 19.1 Å². The lowest BCUT2D eigenvalue weighted by Gasteiger charge is -2.24. The molecular weight excluding hydrogens is 180 g/mol. The molecule has 0 aromatic rings. The first-order valence-electron chi connectivity index (χ1n) is 5.48. The summed E-state index contributed by atoms with van der Waals surface area (Å²) in [4.78, 5) is 11.0. The molecule has 1 amide bonds. The van der Waals surface area contributed by atoms with E-state index >= 15 is 0 Å². The molecule has 2 fully saturated rings. The molecule has 2 aliphatic rings. The highest BCUT2D eigenvalue weighted by atomic mass is 16.5. The number of hydrazine groups is 1. The average Bonchev–Trinajstić information content (AvgIpc) is 2.67. The van der Waals surface area contributed by atoms with Crippen LogP contribution >= 0.6 is 0 Å². The number of carbonyl (C=O) groups excluding carboxylic acids is 1. The maximum Gasteiger partial charge on any atom is 0.236 e. The number of hydrogen-bond donors (Lipinski definition) is 2. The van der Waals surface area contributed by atoms with Crippen LogP contribution in [0.3, 0.4) is 0 Å². The number of nitrogens with one attached hydrogen (secondary N) is 2. The first-order valence-corrected chi connectivity index (χ1v) is 5.48. The van der Waals surface area contributed by atoms with Gasteiger partial charge in [-0.1, -0.05) is 12.8 Å². The van der Waals surface area contributed by atoms with E-state index in [1.807, 2.05) is 0 Å². The quantitative estimate of drug-likeness (QED) is 0.697. The van der Waals surface area contributed by atoms with E-state index in [1.54, 1.807) is 0 Å². The molecule has 1 atom stereocenters. The summed E-state index contributed by atoms with van der Waals surface area (Å²) in [5.41, 5.74) is 5.41. The number of rotatable bonds is 3. The van der Waals surface area contributed by atoms with E-state index in [4.69, 9.17) is 4.74 Å². The summed E-state index contributed by atoms with van der Waals surface area (Å²) in [6.07, 6.45) is 5.86. The van der Waals surface area contributed by atoms with Gasteiger partial charge in [0.25, 0.3) is 0 Å². The Labute approximate surface area is 84.4 Å². The van der Waals surface area contributed by atoms with Crippen molar-refractivity contribution in [1.82, 2.24) is 10.9 Å². The van der Waals surface area contributed by atoms with Crippen molar-refractivity contribution >= 4 is 5.91 Å². The number of hydrogen-bond acceptors (Lipinski definition) is 3. The van der Waals surface area contributed by atoms with Crippen LogP contribution in [-0.4, -0.2) is 25.2 Å². The molecule has 1 aliphatic carbocycles. The highest BCUT2D eigenvalue weighted by Crippen LogP contribution is 2.25. The van der Waals surface area contributed by atoms with Gasteiger partial charge in [-0.3, -0.25) is 10.2 Å². The molecule has 14 heavy (non-hydrogen) atoms. The molecule has 0 radical (unpaired) electrons. The van der Waals surface area contributed by atoms with E-state index in [1.165, 1.54) is 25.7 Å². The van der Waals surface area contributed by atoms with Gasteiger partial charge in [0.1, 0.15) is 0 Å². The second-order valence-electron chi connectivity index (χ2n) is 4.24. The summed E-state index contributed by atoms with van der Waals surface area (Å²) >= 11 is 0. The summed E-state index contributed by atoms with van der Waals surface area (Å²) in [6, 6.07) is 0. The highest BCUT2D eigenvalue weighted by molar-refractivity contribution is 5.76. The minimum absolute atomic E-state index is 0.0349. The van der Waals surface area contributed by atoms with E-state index in [9.17, 15) is 4.79 Å². The molecule has 1 heterocycles. The molecule has 2 rings (SSSR count). The summed E-state index contributed by atoms with van der Waals surface area (Å²) in [5, 5.41) is 0. The topological polar surface area (TPSA) is 50.4 Å². The van der Waals surface area contributed by atoms with Crippen molar-refractivity contribution in [3.05, 3.63) is 0 Å². The predicted molar refractivity (Wildman–Crippen MR) is 52.5 cm³/mol. The first kappa shape index (κ1) is 9.93. The van der Waals surface area contributed by atoms with Gasteiger partial charge in [-0.15, -0.1) is 0 Å². The molecule has 1 saturated carbocycles. The standard InChI is InChI=1S/C10H18N2O2/c13-10-5-9(6-11-12-10)14-7-8-3-1-2-4-8/h8-9,11H,1-7H2,(H,12,13). The summed E-state index contributed by atoms with van der Waals surface area (Å²) in [6.45, 7) is 1.57. The lowest BCUT2D eigenvalue weighted by molar-refractivity contribution is -0.128. The van der Waals surface area contributed by atoms with Crippen LogP contribution < -0.4 is 10.9 Å². The summed E-state index contributed by atoms with van der Waals surface area (Å²) < 4.78 is 5.71. The highest BCUT2D eigenvalue weighted by Gasteiger charge is 2.22. The lowest BCUT2D eigenvalue weighted by atomic mass is 10.1. The molecule has 2 N–H and O–H groups in total. The van der Waals surface area contributed by atoms with Crippen LogP contribution in [0.1, 0.15) is 32.1 Å². The Balaban J connectivity index is 1.66. The minimum atomic E-state index is 0.0349. The third-order valence-electron chi connectivity index (χ3n) is 3.01. The zero-order valence-corrected chi connectivity index (χ0v) is 8.42. The van der Waals surface area contributed by atoms with Crippen molar-refractivity contribution < 1.29 is 9.53 Å². The fourth-order valence-electron chi connectivity index (χ4n) is 2.16. The van der Waals surface area contributed by atoms with Crippen molar-refractivity contribution in [2.75, 3.05) is 13.2 Å². The van der Waals surface area contributed by atoms with Crippen LogP contribution in [0.15, 0.2) is 0 Å². The second kappa shape index (κ2) is 4.75. The zero-order valence-electron chi connectivity index (χ0n) is 8.42. The van der Waals surface area contributed by atoms with Crippen LogP contribution in [0.5, 0.6) is 0 Å². The molecule has 1 saturated heterocycles. The van der Waals surface area contributed by atoms with Gasteiger partial charge in [0, 0.05) is 13.2 Å². The molecule has 0 aromatic carbocycles. The van der Waals surface area contributed by atoms with Gasteiger partial charge < -0.3 is 4.74 Å². The molecule has 0 spiro atoms. The average molecular weight is 198 g/mol. The van der Waals surface area contributed by atoms with Gasteiger partial charge in [-0.2, -0.15) is 0 Å². The maximum absolute atomic E-state index is 11.0. The monoisotopic (exact) mass is 198 g/mol. The zero-order chi connectivity index (χ0) is 9.80. The van der Waals surface area contributed by atoms with Crippen molar-refractivity contribution in [3.8, 4) is 0 Å². The minimum Gasteiger partial charge on any atom is -0.376 e. The first-order chi connectivity index (χ1) is 6.84. The fourth-order valence-corrected chi connectivity index (χ4v) is 2.16. The summed E-state index contributed by atoms with van der Waals surface area (Å²) in [5.74, 6) is 0.771. The third-order valence-corrected chi connectivity index (χ3v) is 3.01. The Bertz CT molecular complexity index is 202. The molecule has 4 heteroatoms. The van der Waals surface area contributed by atoms with Crippen molar-refractivity contribution in [2.24, 2.45) is 5.92 Å². The van der Waals surface area contributed by atoms with Gasteiger partial charge in [0.05, 0.1) is 12.5 Å². The predicted octanol–water partition coefficient (Wildman–Crippen LogP) is 0.586. The van der Waals surface area contributed by atoms with Crippen LogP contribution in [0.2, 0.25) is 0 Å². The van der Waals surface area contributed by atoms with E-state index < -0.39 is 0 Å². The molecule has 4 nitrogen and oxygen atoms in total. The SMILES string of the molecule is O=C1CC(OCC2CCCC2)CNN1. The Kier molecular flexibility index (Phi) is 3.37. The number of carbonyl (C=O) groups is 1. The van der Waals surface area contributed by atoms with Gasteiger partial charge >= 0.3 is 0 Å². The lowest BCUT2D eigenvalue weighted by Crippen LogP contribution is -2.50. The van der Waals surface area contributed by atoms with Crippen molar-refractivity contribution in [1.29, 1.82) is 0 Å². The Morgan fingerprint density at radius 1 is 1.36 bits per heavy atom. The van der Waals surface area contributed by atoms with Gasteiger partial charge in [-0.25, -0.2) is 5.43 Å². The van der Waals surface area contributed by atoms with Gasteiger partial charge in [0.15, 0.2) is 0 Å². The largest absolute Gasteiger partial charge is 0.376 e. The second-order valence-corrected chi connectivity index (χ2v) is 4.24. The van der Waals surface area contributed by atoms with Crippen LogP contribution in [-0.2, 0) is 9.53 Å². The van der Waals surface area contributed by atoms with Crippen molar-refractivity contribution in [3.63, 3.8) is 0 Å². The fraction of sp³-hybridized carbons (Fsp3) is 0.900. The molecule has 1 aliphatic heterocycles. The van der Waals surface area contributed by atoms with Crippen LogP contribution in [0.4, 0.5) is 0 Å². The van der Waals surface area contributed by atoms with E-state index in [2.05, 4.69) is 10.9 Å². The number of ether oxygens (including phenoxy) is 1. The number of amides is 1. The smallest absolute Gasteiger partial charge is 0.236 e. The molecule has 0 bridgehead atoms. The summed E-state index contributed by atoms with van der Waals surface area (Å²) in [7, 11) is 0. The molecule has 80 valence electrons. The third kappa shape index (κ3) is 2.69. The van der Waals surface area contributed by atoms with Crippen molar-refractivity contribution in [2.45, 2.75) is 38.2 Å². The molecular formula is C10H18N2O2. The normalized spacial score (nSPS) is 29.1. The molecule has 1 unspecified atom stereocenters. The van der Waals surface area contributed by atoms with E-state index in [0.29, 0.717) is 6.42 Å². The van der Waals surface area contributed by atoms with Crippen LogP contribution in [0.25, 0.3) is 0 Å². The maximum atomic E-state index is 11.0. The van der Waals surface area contributed by atoms with Gasteiger partial charge in [-0.05, 0) is 18.8 Å². The Morgan fingerprint density at radius 2 is 2.14 bits per heavy atom. The van der Waals surface area contributed by atoms with Gasteiger partial charge in [0.2, 0.25) is 5.91 Å². The van der Waals surface area contributed by atoms with Crippen LogP contribution in [0, 0.1) is 5.92 Å².